The molecule has 3 rings (SSSR count). The van der Waals surface area contributed by atoms with Gasteiger partial charge in [-0.3, -0.25) is 9.58 Å². The zero-order chi connectivity index (χ0) is 14.7. The highest BCUT2D eigenvalue weighted by molar-refractivity contribution is 5.21. The van der Waals surface area contributed by atoms with Gasteiger partial charge < -0.3 is 9.84 Å². The molecule has 0 bridgehead atoms. The molecule has 1 saturated carbocycles. The maximum absolute atomic E-state index is 9.27. The molecule has 0 spiro atoms. The van der Waals surface area contributed by atoms with E-state index in [0.717, 1.165) is 19.6 Å². The molecule has 1 atom stereocenters. The average Bonchev–Trinajstić information content (AvgIpc) is 2.89. The molecule has 118 valence electrons. The number of aryl methyl sites for hydroxylation is 1. The highest BCUT2D eigenvalue weighted by Crippen LogP contribution is 2.33. The molecule has 5 heteroatoms. The molecule has 2 aliphatic rings. The molecular weight excluding hydrogens is 266 g/mol. The quantitative estimate of drug-likeness (QED) is 0.917. The first-order chi connectivity index (χ1) is 10.3. The summed E-state index contributed by atoms with van der Waals surface area (Å²) in [6.45, 7) is 3.51. The second-order valence-electron chi connectivity index (χ2n) is 6.46. The Morgan fingerprint density at radius 3 is 2.90 bits per heavy atom. The van der Waals surface area contributed by atoms with Crippen LogP contribution in [0, 0.1) is 0 Å². The number of aromatic nitrogens is 2. The molecule has 0 unspecified atom stereocenters. The van der Waals surface area contributed by atoms with E-state index < -0.39 is 0 Å². The summed E-state index contributed by atoms with van der Waals surface area (Å²) in [6, 6.07) is 0. The summed E-state index contributed by atoms with van der Waals surface area (Å²) < 4.78 is 7.50. The fraction of sp³-hybridized carbons (Fsp3) is 0.812. The van der Waals surface area contributed by atoms with Crippen molar-refractivity contribution < 1.29 is 9.84 Å². The van der Waals surface area contributed by atoms with Crippen molar-refractivity contribution in [1.29, 1.82) is 0 Å². The van der Waals surface area contributed by atoms with Crippen LogP contribution in [-0.4, -0.2) is 52.2 Å². The average molecular weight is 293 g/mol. The zero-order valence-corrected chi connectivity index (χ0v) is 13.0. The number of hydrogen-bond acceptors (Lipinski definition) is 4. The van der Waals surface area contributed by atoms with Gasteiger partial charge in [0.05, 0.1) is 25.0 Å². The Balaban J connectivity index is 1.69. The van der Waals surface area contributed by atoms with Crippen LogP contribution in [0.25, 0.3) is 0 Å². The highest BCUT2D eigenvalue weighted by atomic mass is 16.5. The summed E-state index contributed by atoms with van der Waals surface area (Å²) in [5.74, 6) is 0.643. The van der Waals surface area contributed by atoms with E-state index in [-0.39, 0.29) is 12.7 Å². The highest BCUT2D eigenvalue weighted by Gasteiger charge is 2.25. The Morgan fingerprint density at radius 2 is 2.14 bits per heavy atom. The smallest absolute Gasteiger partial charge is 0.0933 e. The van der Waals surface area contributed by atoms with Crippen molar-refractivity contribution in [1.82, 2.24) is 14.7 Å². The van der Waals surface area contributed by atoms with Crippen LogP contribution >= 0.6 is 0 Å². The van der Waals surface area contributed by atoms with Crippen molar-refractivity contribution in [3.63, 3.8) is 0 Å². The largest absolute Gasteiger partial charge is 0.394 e. The van der Waals surface area contributed by atoms with Crippen LogP contribution in [-0.2, 0) is 18.3 Å². The zero-order valence-electron chi connectivity index (χ0n) is 13.0. The van der Waals surface area contributed by atoms with E-state index in [1.54, 1.807) is 0 Å². The van der Waals surface area contributed by atoms with E-state index in [9.17, 15) is 5.11 Å². The third-order valence-electron chi connectivity index (χ3n) is 4.75. The molecule has 0 amide bonds. The van der Waals surface area contributed by atoms with Gasteiger partial charge in [0.2, 0.25) is 0 Å². The van der Waals surface area contributed by atoms with E-state index >= 15 is 0 Å². The summed E-state index contributed by atoms with van der Waals surface area (Å²) in [4.78, 5) is 2.38. The first-order valence-corrected chi connectivity index (χ1v) is 8.23. The normalized spacial score (nSPS) is 25.3. The van der Waals surface area contributed by atoms with Crippen LogP contribution in [0.15, 0.2) is 6.20 Å². The Hall–Kier alpha value is -0.910. The lowest BCUT2D eigenvalue weighted by Crippen LogP contribution is -2.43. The Kier molecular flexibility index (Phi) is 4.93. The van der Waals surface area contributed by atoms with E-state index in [1.165, 1.54) is 43.4 Å². The van der Waals surface area contributed by atoms with Gasteiger partial charge in [-0.2, -0.15) is 5.10 Å². The molecule has 0 aromatic carbocycles. The third-order valence-corrected chi connectivity index (χ3v) is 4.75. The summed E-state index contributed by atoms with van der Waals surface area (Å²) in [7, 11) is 2.02. The molecule has 1 aromatic heterocycles. The number of hydrogen-bond donors (Lipinski definition) is 1. The number of ether oxygens (including phenoxy) is 1. The molecule has 5 nitrogen and oxygen atoms in total. The van der Waals surface area contributed by atoms with E-state index in [4.69, 9.17) is 9.84 Å². The predicted molar refractivity (Wildman–Crippen MR) is 81.1 cm³/mol. The number of aliphatic hydroxyl groups is 1. The molecule has 1 saturated heterocycles. The molecule has 1 aliphatic heterocycles. The van der Waals surface area contributed by atoms with Gasteiger partial charge >= 0.3 is 0 Å². The number of morpholine rings is 1. The lowest BCUT2D eigenvalue weighted by atomic mass is 9.85. The second-order valence-corrected chi connectivity index (χ2v) is 6.46. The maximum atomic E-state index is 9.27. The molecule has 1 N–H and O–H groups in total. The Labute approximate surface area is 126 Å². The molecule has 0 radical (unpaired) electrons. The van der Waals surface area contributed by atoms with Gasteiger partial charge in [0.25, 0.3) is 0 Å². The van der Waals surface area contributed by atoms with Crippen LogP contribution in [0.1, 0.15) is 49.3 Å². The number of nitrogens with zero attached hydrogens (tertiary/aromatic N) is 3. The molecule has 1 aromatic rings. The van der Waals surface area contributed by atoms with Crippen molar-refractivity contribution in [2.45, 2.75) is 50.7 Å². The summed E-state index contributed by atoms with van der Waals surface area (Å²) >= 11 is 0. The van der Waals surface area contributed by atoms with Crippen LogP contribution in [0.3, 0.4) is 0 Å². The summed E-state index contributed by atoms with van der Waals surface area (Å²) in [5.41, 5.74) is 2.67. The van der Waals surface area contributed by atoms with Gasteiger partial charge in [-0.15, -0.1) is 0 Å². The molecule has 2 fully saturated rings. The maximum Gasteiger partial charge on any atom is 0.0933 e. The summed E-state index contributed by atoms with van der Waals surface area (Å²) in [5, 5.41) is 14.0. The minimum atomic E-state index is -0.0337. The van der Waals surface area contributed by atoms with Gasteiger partial charge in [-0.25, -0.2) is 0 Å². The predicted octanol–water partition coefficient (Wildman–Crippen LogP) is 1.66. The molecule has 21 heavy (non-hydrogen) atoms. The fourth-order valence-corrected chi connectivity index (χ4v) is 3.67. The first-order valence-electron chi connectivity index (χ1n) is 8.23. The van der Waals surface area contributed by atoms with Crippen LogP contribution in [0.5, 0.6) is 0 Å². The minimum Gasteiger partial charge on any atom is -0.394 e. The monoisotopic (exact) mass is 293 g/mol. The van der Waals surface area contributed by atoms with Crippen molar-refractivity contribution >= 4 is 0 Å². The minimum absolute atomic E-state index is 0.0337. The van der Waals surface area contributed by atoms with E-state index in [2.05, 4.69) is 11.1 Å². The van der Waals surface area contributed by atoms with Crippen molar-refractivity contribution in [2.75, 3.05) is 26.3 Å². The van der Waals surface area contributed by atoms with Crippen LogP contribution in [0.2, 0.25) is 0 Å². The lowest BCUT2D eigenvalue weighted by molar-refractivity contribution is -0.0551. The number of aliphatic hydroxyl groups excluding tert-OH is 1. The third kappa shape index (κ3) is 3.65. The molecular formula is C16H27N3O2. The Bertz CT molecular complexity index is 454. The van der Waals surface area contributed by atoms with Crippen molar-refractivity contribution in [2.24, 2.45) is 7.05 Å². The molecule has 2 heterocycles. The standard InChI is InChI=1S/C16H27N3O2/c1-18-9-14(10-19-7-8-21-15(11-19)12-20)16(17-18)13-5-3-2-4-6-13/h9,13,15,20H,2-8,10-12H2,1H3/t15-/m1/s1. The van der Waals surface area contributed by atoms with Crippen molar-refractivity contribution in [3.8, 4) is 0 Å². The first kappa shape index (κ1) is 15.0. The van der Waals surface area contributed by atoms with Crippen molar-refractivity contribution in [3.05, 3.63) is 17.5 Å². The van der Waals surface area contributed by atoms with Crippen LogP contribution < -0.4 is 0 Å². The lowest BCUT2D eigenvalue weighted by Gasteiger charge is -2.32. The molecule has 1 aliphatic carbocycles. The van der Waals surface area contributed by atoms with Gasteiger partial charge in [-0.1, -0.05) is 19.3 Å². The second kappa shape index (κ2) is 6.90. The summed E-state index contributed by atoms with van der Waals surface area (Å²) in [6.07, 6.45) is 8.76. The van der Waals surface area contributed by atoms with Crippen LogP contribution in [0.4, 0.5) is 0 Å². The number of rotatable bonds is 4. The van der Waals surface area contributed by atoms with Gasteiger partial charge in [0.1, 0.15) is 0 Å². The Morgan fingerprint density at radius 1 is 1.33 bits per heavy atom. The van der Waals surface area contributed by atoms with Gasteiger partial charge in [0.15, 0.2) is 0 Å². The fourth-order valence-electron chi connectivity index (χ4n) is 3.67. The topological polar surface area (TPSA) is 50.5 Å². The van der Waals surface area contributed by atoms with Gasteiger partial charge in [-0.05, 0) is 12.8 Å². The SMILES string of the molecule is Cn1cc(CN2CCO[C@@H](CO)C2)c(C2CCCCC2)n1. The van der Waals surface area contributed by atoms with E-state index in [1.807, 2.05) is 11.7 Å². The van der Waals surface area contributed by atoms with Gasteiger partial charge in [0, 0.05) is 44.4 Å². The van der Waals surface area contributed by atoms with E-state index in [0.29, 0.717) is 12.5 Å².